The summed E-state index contributed by atoms with van der Waals surface area (Å²) < 4.78 is 0. The summed E-state index contributed by atoms with van der Waals surface area (Å²) in [5, 5.41) is 0. The number of amides is 1. The van der Waals surface area contributed by atoms with Gasteiger partial charge in [0.05, 0.1) is 6.54 Å². The van der Waals surface area contributed by atoms with Crippen LogP contribution in [-0.2, 0) is 4.79 Å². The average Bonchev–Trinajstić information content (AvgIpc) is 2.28. The topological polar surface area (TPSA) is 23.6 Å². The maximum Gasteiger partial charge on any atom is 0.237 e. The Labute approximate surface area is 119 Å². The van der Waals surface area contributed by atoms with E-state index in [1.54, 1.807) is 0 Å². The van der Waals surface area contributed by atoms with E-state index in [2.05, 4.69) is 46.6 Å². The fraction of sp³-hybridized carbons (Fsp3) is 0.938. The van der Waals surface area contributed by atoms with Crippen LogP contribution in [0.15, 0.2) is 0 Å². The monoisotopic (exact) mass is 268 g/mol. The highest BCUT2D eigenvalue weighted by Gasteiger charge is 2.26. The Bertz CT molecular complexity index is 272. The molecule has 1 aliphatic carbocycles. The van der Waals surface area contributed by atoms with Gasteiger partial charge in [0, 0.05) is 18.1 Å². The van der Waals surface area contributed by atoms with E-state index in [1.807, 2.05) is 4.90 Å². The van der Waals surface area contributed by atoms with Gasteiger partial charge < -0.3 is 4.90 Å². The summed E-state index contributed by atoms with van der Waals surface area (Å²) in [6.45, 7) is 11.3. The van der Waals surface area contributed by atoms with Crippen LogP contribution < -0.4 is 0 Å². The Morgan fingerprint density at radius 2 is 1.53 bits per heavy atom. The molecule has 1 amide bonds. The molecule has 0 aromatic carbocycles. The van der Waals surface area contributed by atoms with Gasteiger partial charge in [0.15, 0.2) is 0 Å². The molecule has 1 aliphatic rings. The zero-order valence-corrected chi connectivity index (χ0v) is 13.6. The third-order valence-corrected chi connectivity index (χ3v) is 4.39. The normalized spacial score (nSPS) is 24.3. The number of hydrogen-bond donors (Lipinski definition) is 0. The molecule has 0 aromatic heterocycles. The largest absolute Gasteiger partial charge is 0.337 e. The summed E-state index contributed by atoms with van der Waals surface area (Å²) in [6, 6.07) is 1.17. The van der Waals surface area contributed by atoms with E-state index < -0.39 is 0 Å². The Morgan fingerprint density at radius 3 is 1.95 bits per heavy atom. The second kappa shape index (κ2) is 7.28. The van der Waals surface area contributed by atoms with E-state index in [9.17, 15) is 4.79 Å². The molecular weight excluding hydrogens is 236 g/mol. The van der Waals surface area contributed by atoms with Crippen molar-refractivity contribution in [1.29, 1.82) is 0 Å². The quantitative estimate of drug-likeness (QED) is 0.765. The van der Waals surface area contributed by atoms with Gasteiger partial charge in [-0.3, -0.25) is 9.69 Å². The summed E-state index contributed by atoms with van der Waals surface area (Å²) in [7, 11) is 2.11. The van der Waals surface area contributed by atoms with Crippen molar-refractivity contribution in [3.05, 3.63) is 0 Å². The van der Waals surface area contributed by atoms with Gasteiger partial charge in [-0.25, -0.2) is 0 Å². The lowest BCUT2D eigenvalue weighted by atomic mass is 9.87. The van der Waals surface area contributed by atoms with Gasteiger partial charge in [-0.2, -0.15) is 0 Å². The summed E-state index contributed by atoms with van der Waals surface area (Å²) in [4.78, 5) is 16.7. The molecule has 0 atom stereocenters. The van der Waals surface area contributed by atoms with Crippen molar-refractivity contribution in [2.75, 3.05) is 13.6 Å². The number of likely N-dealkylation sites (N-methyl/N-ethyl adjacent to an activating group) is 1. The molecule has 0 heterocycles. The summed E-state index contributed by atoms with van der Waals surface area (Å²) in [5.74, 6) is 1.13. The third kappa shape index (κ3) is 4.79. The van der Waals surface area contributed by atoms with Gasteiger partial charge in [0.2, 0.25) is 5.91 Å². The van der Waals surface area contributed by atoms with Crippen LogP contribution in [0.1, 0.15) is 60.3 Å². The Hall–Kier alpha value is -0.570. The Morgan fingerprint density at radius 1 is 1.05 bits per heavy atom. The molecule has 1 saturated carbocycles. The van der Waals surface area contributed by atoms with Crippen molar-refractivity contribution in [1.82, 2.24) is 9.80 Å². The first-order chi connectivity index (χ1) is 8.82. The van der Waals surface area contributed by atoms with Crippen LogP contribution in [0, 0.1) is 5.92 Å². The zero-order valence-electron chi connectivity index (χ0n) is 13.6. The van der Waals surface area contributed by atoms with Gasteiger partial charge >= 0.3 is 0 Å². The van der Waals surface area contributed by atoms with Crippen molar-refractivity contribution < 1.29 is 4.79 Å². The SMILES string of the molecule is CC1CCC(N(C)CC(=O)N(C(C)C)C(C)C)CC1. The minimum absolute atomic E-state index is 0.270. The number of hydrogen-bond acceptors (Lipinski definition) is 2. The number of rotatable bonds is 5. The van der Waals surface area contributed by atoms with Crippen LogP contribution in [0.3, 0.4) is 0 Å². The molecule has 1 fully saturated rings. The standard InChI is InChI=1S/C16H32N2O/c1-12(2)18(13(3)4)16(19)11-17(6)15-9-7-14(5)8-10-15/h12-15H,7-11H2,1-6H3. The number of carbonyl (C=O) groups is 1. The average molecular weight is 268 g/mol. The second-order valence-corrected chi connectivity index (χ2v) is 6.82. The first-order valence-corrected chi connectivity index (χ1v) is 7.84. The minimum Gasteiger partial charge on any atom is -0.337 e. The van der Waals surface area contributed by atoms with Crippen molar-refractivity contribution in [3.8, 4) is 0 Å². The van der Waals surface area contributed by atoms with E-state index in [0.29, 0.717) is 12.6 Å². The molecule has 0 unspecified atom stereocenters. The van der Waals surface area contributed by atoms with Crippen molar-refractivity contribution in [2.45, 2.75) is 78.4 Å². The fourth-order valence-electron chi connectivity index (χ4n) is 3.28. The predicted octanol–water partition coefficient (Wildman–Crippen LogP) is 3.14. The van der Waals surface area contributed by atoms with Crippen LogP contribution in [0.2, 0.25) is 0 Å². The molecule has 0 saturated heterocycles. The number of nitrogens with zero attached hydrogens (tertiary/aromatic N) is 2. The van der Waals surface area contributed by atoms with Crippen LogP contribution in [0.5, 0.6) is 0 Å². The maximum absolute atomic E-state index is 12.4. The van der Waals surface area contributed by atoms with Crippen LogP contribution in [-0.4, -0.2) is 47.4 Å². The van der Waals surface area contributed by atoms with Crippen LogP contribution in [0.25, 0.3) is 0 Å². The lowest BCUT2D eigenvalue weighted by molar-refractivity contribution is -0.136. The molecule has 3 nitrogen and oxygen atoms in total. The molecule has 0 bridgehead atoms. The van der Waals surface area contributed by atoms with Crippen molar-refractivity contribution in [2.24, 2.45) is 5.92 Å². The molecule has 0 spiro atoms. The van der Waals surface area contributed by atoms with Gasteiger partial charge in [-0.05, 0) is 66.3 Å². The lowest BCUT2D eigenvalue weighted by Gasteiger charge is -2.36. The predicted molar refractivity (Wildman–Crippen MR) is 81.2 cm³/mol. The molecule has 19 heavy (non-hydrogen) atoms. The maximum atomic E-state index is 12.4. The first-order valence-electron chi connectivity index (χ1n) is 7.84. The second-order valence-electron chi connectivity index (χ2n) is 6.82. The van der Waals surface area contributed by atoms with E-state index in [1.165, 1.54) is 25.7 Å². The molecule has 0 N–H and O–H groups in total. The molecule has 0 radical (unpaired) electrons. The van der Waals surface area contributed by atoms with Gasteiger partial charge in [0.25, 0.3) is 0 Å². The fourth-order valence-corrected chi connectivity index (χ4v) is 3.28. The van der Waals surface area contributed by atoms with Gasteiger partial charge in [0.1, 0.15) is 0 Å². The zero-order chi connectivity index (χ0) is 14.6. The minimum atomic E-state index is 0.270. The lowest BCUT2D eigenvalue weighted by Crippen LogP contribution is -2.48. The molecule has 0 aromatic rings. The van der Waals surface area contributed by atoms with E-state index in [4.69, 9.17) is 0 Å². The Kier molecular flexibility index (Phi) is 6.31. The smallest absolute Gasteiger partial charge is 0.237 e. The van der Waals surface area contributed by atoms with Crippen LogP contribution in [0.4, 0.5) is 0 Å². The molecule has 0 aliphatic heterocycles. The van der Waals surface area contributed by atoms with E-state index in [-0.39, 0.29) is 18.0 Å². The van der Waals surface area contributed by atoms with Crippen LogP contribution >= 0.6 is 0 Å². The first kappa shape index (κ1) is 16.5. The Balaban J connectivity index is 2.51. The summed E-state index contributed by atoms with van der Waals surface area (Å²) in [5.41, 5.74) is 0. The van der Waals surface area contributed by atoms with Crippen molar-refractivity contribution in [3.63, 3.8) is 0 Å². The molecule has 3 heteroatoms. The van der Waals surface area contributed by atoms with Gasteiger partial charge in [-0.1, -0.05) is 6.92 Å². The van der Waals surface area contributed by atoms with E-state index >= 15 is 0 Å². The van der Waals surface area contributed by atoms with E-state index in [0.717, 1.165) is 5.92 Å². The third-order valence-electron chi connectivity index (χ3n) is 4.39. The highest BCUT2D eigenvalue weighted by molar-refractivity contribution is 5.78. The molecular formula is C16H32N2O. The molecule has 1 rings (SSSR count). The highest BCUT2D eigenvalue weighted by Crippen LogP contribution is 2.26. The number of carbonyl (C=O) groups excluding carboxylic acids is 1. The highest BCUT2D eigenvalue weighted by atomic mass is 16.2. The van der Waals surface area contributed by atoms with Crippen molar-refractivity contribution >= 4 is 5.91 Å². The summed E-state index contributed by atoms with van der Waals surface area (Å²) in [6.07, 6.45) is 5.10. The summed E-state index contributed by atoms with van der Waals surface area (Å²) >= 11 is 0. The molecule has 112 valence electrons. The van der Waals surface area contributed by atoms with Gasteiger partial charge in [-0.15, -0.1) is 0 Å².